The van der Waals surface area contributed by atoms with Crippen molar-refractivity contribution in [1.29, 1.82) is 0 Å². The van der Waals surface area contributed by atoms with Crippen LogP contribution in [0.2, 0.25) is 0 Å². The third-order valence-corrected chi connectivity index (χ3v) is 7.96. The number of rotatable bonds is 3. The van der Waals surface area contributed by atoms with Crippen LogP contribution in [0.25, 0.3) is 0 Å². The summed E-state index contributed by atoms with van der Waals surface area (Å²) in [5.74, 6) is 0.487. The molecule has 5 rings (SSSR count). The van der Waals surface area contributed by atoms with Crippen LogP contribution in [-0.4, -0.2) is 71.1 Å². The fraction of sp³-hybridized carbons (Fsp3) is 0.517. The molecular formula is C29H38ClN7O3. The summed E-state index contributed by atoms with van der Waals surface area (Å²) in [4.78, 5) is 36.4. The standard InChI is InChI=1S/C29H38ClN7O3/c1-29(2,3)40-28(39)36-15-7-8-19(17-36)37-22-12-14-33-26(31)24(22)25(35(37)4)20-11-10-18(16-21(20)30)27(38)34-23-9-5-6-13-32-23/h5,9-12,14,18-19,25H,6-8,13,15-17H2,1-4H3,(H2,31,33)(H,32,34,38)/t18?,19?,25-/m1/s1. The molecule has 3 atom stereocenters. The summed E-state index contributed by atoms with van der Waals surface area (Å²) in [5.41, 5.74) is 8.62. The number of nitrogens with zero attached hydrogens (tertiary/aromatic N) is 5. The number of carbonyl (C=O) groups excluding carboxylic acids is 2. The minimum Gasteiger partial charge on any atom is -0.444 e. The van der Waals surface area contributed by atoms with E-state index in [4.69, 9.17) is 22.1 Å². The molecule has 0 aromatic carbocycles. The van der Waals surface area contributed by atoms with Crippen molar-refractivity contribution in [2.75, 3.05) is 37.4 Å². The van der Waals surface area contributed by atoms with Crippen LogP contribution < -0.4 is 16.1 Å². The smallest absolute Gasteiger partial charge is 0.410 e. The van der Waals surface area contributed by atoms with Crippen LogP contribution in [0.3, 0.4) is 0 Å². The first kappa shape index (κ1) is 28.2. The molecule has 0 radical (unpaired) electrons. The molecule has 4 aliphatic rings. The molecule has 1 aliphatic carbocycles. The quantitative estimate of drug-likeness (QED) is 0.559. The van der Waals surface area contributed by atoms with E-state index in [1.54, 1.807) is 11.1 Å². The third kappa shape index (κ3) is 5.74. The molecule has 3 N–H and O–H groups in total. The number of nitrogens with two attached hydrogens (primary N) is 1. The van der Waals surface area contributed by atoms with Crippen molar-refractivity contribution in [1.82, 2.24) is 20.2 Å². The number of likely N-dealkylation sites (N-methyl/N-ethyl adjacent to an activating group) is 1. The van der Waals surface area contributed by atoms with E-state index in [1.165, 1.54) is 0 Å². The first-order valence-electron chi connectivity index (χ1n) is 13.9. The van der Waals surface area contributed by atoms with Gasteiger partial charge in [-0.25, -0.2) is 14.8 Å². The van der Waals surface area contributed by atoms with Crippen molar-refractivity contribution in [3.05, 3.63) is 52.7 Å². The molecule has 10 nitrogen and oxygen atoms in total. The molecule has 2 amide bonds. The second-order valence-corrected chi connectivity index (χ2v) is 12.1. The van der Waals surface area contributed by atoms with Crippen molar-refractivity contribution in [3.63, 3.8) is 0 Å². The number of piperidine rings is 1. The number of halogens is 1. The van der Waals surface area contributed by atoms with Crippen molar-refractivity contribution in [3.8, 4) is 0 Å². The van der Waals surface area contributed by atoms with E-state index in [2.05, 4.69) is 25.3 Å². The van der Waals surface area contributed by atoms with Gasteiger partial charge in [-0.2, -0.15) is 0 Å². The number of anilines is 2. The summed E-state index contributed by atoms with van der Waals surface area (Å²) in [7, 11) is 2.01. The lowest BCUT2D eigenvalue weighted by Gasteiger charge is -2.42. The van der Waals surface area contributed by atoms with Gasteiger partial charge < -0.3 is 20.7 Å². The lowest BCUT2D eigenvalue weighted by Crippen LogP contribution is -2.54. The number of amides is 2. The van der Waals surface area contributed by atoms with Crippen LogP contribution in [0, 0.1) is 5.92 Å². The number of dihydropyridines is 1. The molecule has 214 valence electrons. The molecule has 0 bridgehead atoms. The fourth-order valence-corrected chi connectivity index (χ4v) is 6.15. The highest BCUT2D eigenvalue weighted by atomic mass is 35.5. The number of allylic oxidation sites excluding steroid dienone is 1. The van der Waals surface area contributed by atoms with E-state index in [0.717, 1.165) is 36.1 Å². The highest BCUT2D eigenvalue weighted by molar-refractivity contribution is 6.30. The molecule has 4 heterocycles. The molecular weight excluding hydrogens is 530 g/mol. The Bertz CT molecular complexity index is 1300. The Morgan fingerprint density at radius 1 is 1.25 bits per heavy atom. The number of nitrogens with one attached hydrogen (secondary N) is 1. The van der Waals surface area contributed by atoms with E-state index in [-0.39, 0.29) is 24.1 Å². The van der Waals surface area contributed by atoms with Crippen LogP contribution in [0.5, 0.6) is 0 Å². The summed E-state index contributed by atoms with van der Waals surface area (Å²) >= 11 is 6.92. The van der Waals surface area contributed by atoms with Gasteiger partial charge in [-0.3, -0.25) is 14.8 Å². The van der Waals surface area contributed by atoms with Gasteiger partial charge in [0, 0.05) is 43.5 Å². The maximum absolute atomic E-state index is 12.9. The maximum Gasteiger partial charge on any atom is 0.410 e. The predicted octanol–water partition coefficient (Wildman–Crippen LogP) is 4.31. The average molecular weight is 568 g/mol. The van der Waals surface area contributed by atoms with Gasteiger partial charge in [0.05, 0.1) is 23.7 Å². The van der Waals surface area contributed by atoms with Crippen LogP contribution >= 0.6 is 11.6 Å². The average Bonchev–Trinajstić information content (AvgIpc) is 3.21. The van der Waals surface area contributed by atoms with E-state index in [0.29, 0.717) is 42.7 Å². The Balaban J connectivity index is 1.37. The minimum atomic E-state index is -0.557. The zero-order valence-electron chi connectivity index (χ0n) is 23.6. The first-order chi connectivity index (χ1) is 19.0. The van der Waals surface area contributed by atoms with Crippen LogP contribution in [0.1, 0.15) is 58.1 Å². The van der Waals surface area contributed by atoms with Crippen LogP contribution in [-0.2, 0) is 9.53 Å². The minimum absolute atomic E-state index is 0.0200. The Labute approximate surface area is 240 Å². The topological polar surface area (TPSA) is 116 Å². The number of aliphatic imine (C=N–C) groups is 1. The summed E-state index contributed by atoms with van der Waals surface area (Å²) in [6.07, 6.45) is 12.1. The third-order valence-electron chi connectivity index (χ3n) is 7.58. The largest absolute Gasteiger partial charge is 0.444 e. The van der Waals surface area contributed by atoms with Gasteiger partial charge in [-0.1, -0.05) is 29.8 Å². The Kier molecular flexibility index (Phi) is 7.92. The number of likely N-dealkylation sites (tertiary alicyclic amines) is 1. The number of pyridine rings is 1. The first-order valence-corrected chi connectivity index (χ1v) is 14.2. The molecule has 0 spiro atoms. The predicted molar refractivity (Wildman–Crippen MR) is 157 cm³/mol. The van der Waals surface area contributed by atoms with Crippen LogP contribution in [0.15, 0.2) is 52.2 Å². The Morgan fingerprint density at radius 2 is 2.05 bits per heavy atom. The second kappa shape index (κ2) is 11.2. The number of nitrogen functional groups attached to an aromatic ring is 1. The summed E-state index contributed by atoms with van der Waals surface area (Å²) < 4.78 is 5.66. The summed E-state index contributed by atoms with van der Waals surface area (Å²) in [6.45, 7) is 7.48. The lowest BCUT2D eigenvalue weighted by molar-refractivity contribution is -0.122. The van der Waals surface area contributed by atoms with Crippen LogP contribution in [0.4, 0.5) is 16.3 Å². The van der Waals surface area contributed by atoms with Crippen molar-refractivity contribution in [2.45, 2.75) is 64.1 Å². The molecule has 1 fully saturated rings. The number of amidine groups is 1. The Hall–Kier alpha value is -3.37. The van der Waals surface area contributed by atoms with Crippen molar-refractivity contribution in [2.24, 2.45) is 10.9 Å². The van der Waals surface area contributed by atoms with Gasteiger partial charge in [0.1, 0.15) is 17.3 Å². The molecule has 1 aromatic rings. The Morgan fingerprint density at radius 3 is 2.75 bits per heavy atom. The summed E-state index contributed by atoms with van der Waals surface area (Å²) in [6, 6.07) is 1.70. The molecule has 3 aliphatic heterocycles. The van der Waals surface area contributed by atoms with Crippen molar-refractivity contribution < 1.29 is 14.3 Å². The van der Waals surface area contributed by atoms with Gasteiger partial charge in [-0.15, -0.1) is 0 Å². The van der Waals surface area contributed by atoms with Gasteiger partial charge in [0.2, 0.25) is 5.91 Å². The lowest BCUT2D eigenvalue weighted by atomic mass is 9.89. The summed E-state index contributed by atoms with van der Waals surface area (Å²) in [5, 5.41) is 7.86. The highest BCUT2D eigenvalue weighted by Crippen LogP contribution is 2.49. The SMILES string of the molecule is CN1[C@H](C2=C(Cl)CC(C(=O)NC3=NCCC=C3)C=C2)c2c(ccnc2N)N1C1CCCN(C(=O)OC(C)(C)C)C1. The normalized spacial score (nSPS) is 25.1. The highest BCUT2D eigenvalue weighted by Gasteiger charge is 2.44. The fourth-order valence-electron chi connectivity index (χ4n) is 5.81. The maximum atomic E-state index is 12.9. The van der Waals surface area contributed by atoms with Gasteiger partial charge in [-0.05, 0) is 64.2 Å². The number of fused-ring (bicyclic) bond motifs is 1. The molecule has 2 unspecified atom stereocenters. The van der Waals surface area contributed by atoms with Gasteiger partial charge >= 0.3 is 6.09 Å². The molecule has 11 heteroatoms. The number of aromatic nitrogens is 1. The van der Waals surface area contributed by atoms with E-state index >= 15 is 0 Å². The molecule has 1 aromatic heterocycles. The van der Waals surface area contributed by atoms with E-state index < -0.39 is 11.5 Å². The molecule has 40 heavy (non-hydrogen) atoms. The van der Waals surface area contributed by atoms with Crippen molar-refractivity contribution >= 4 is 40.9 Å². The molecule has 1 saturated heterocycles. The monoisotopic (exact) mass is 567 g/mol. The van der Waals surface area contributed by atoms with E-state index in [1.807, 2.05) is 58.2 Å². The number of hydrogen-bond donors (Lipinski definition) is 2. The number of ether oxygens (including phenoxy) is 1. The second-order valence-electron chi connectivity index (χ2n) is 11.6. The molecule has 0 saturated carbocycles. The number of hydrogen-bond acceptors (Lipinski definition) is 8. The number of hydrazine groups is 1. The van der Waals surface area contributed by atoms with E-state index in [9.17, 15) is 9.59 Å². The van der Waals surface area contributed by atoms with Gasteiger partial charge in [0.25, 0.3) is 0 Å². The van der Waals surface area contributed by atoms with Gasteiger partial charge in [0.15, 0.2) is 0 Å². The number of carbonyl (C=O) groups is 2. The zero-order chi connectivity index (χ0) is 28.6. The zero-order valence-corrected chi connectivity index (χ0v) is 24.3.